The number of hydrogen-bond acceptors (Lipinski definition) is 6. The van der Waals surface area contributed by atoms with Gasteiger partial charge >= 0.3 is 5.97 Å². The molecule has 0 spiro atoms. The zero-order valence-electron chi connectivity index (χ0n) is 20.0. The first kappa shape index (κ1) is 25.1. The van der Waals surface area contributed by atoms with Gasteiger partial charge in [-0.05, 0) is 66.4 Å². The van der Waals surface area contributed by atoms with Crippen molar-refractivity contribution in [3.63, 3.8) is 0 Å². The second-order valence-electron chi connectivity index (χ2n) is 8.78. The fraction of sp³-hybridized carbons (Fsp3) is 0.370. The molecule has 8 heteroatoms. The number of aryl methyl sites for hydroxylation is 1. The molecule has 6 nitrogen and oxygen atoms in total. The summed E-state index contributed by atoms with van der Waals surface area (Å²) < 4.78 is 4.90. The van der Waals surface area contributed by atoms with Gasteiger partial charge in [0.05, 0.1) is 19.1 Å². The van der Waals surface area contributed by atoms with Crippen molar-refractivity contribution in [2.75, 3.05) is 12.0 Å². The van der Waals surface area contributed by atoms with Crippen molar-refractivity contribution in [1.29, 1.82) is 0 Å². The summed E-state index contributed by atoms with van der Waals surface area (Å²) in [7, 11) is 1.32. The molecular weight excluding hydrogens is 480 g/mol. The smallest absolute Gasteiger partial charge is 0.337 e. The minimum atomic E-state index is -0.836. The van der Waals surface area contributed by atoms with E-state index in [1.165, 1.54) is 36.2 Å². The van der Waals surface area contributed by atoms with Crippen LogP contribution in [0.4, 0.5) is 5.69 Å². The molecule has 1 saturated carbocycles. The van der Waals surface area contributed by atoms with E-state index in [2.05, 4.69) is 5.32 Å². The lowest BCUT2D eigenvalue weighted by Gasteiger charge is -2.33. The molecule has 1 aromatic carbocycles. The predicted octanol–water partition coefficient (Wildman–Crippen LogP) is 5.67. The topological polar surface area (TPSA) is 75.7 Å². The van der Waals surface area contributed by atoms with Crippen LogP contribution in [0.3, 0.4) is 0 Å². The molecule has 184 valence electrons. The first-order chi connectivity index (χ1) is 17.0. The second kappa shape index (κ2) is 11.6. The van der Waals surface area contributed by atoms with E-state index in [-0.39, 0.29) is 24.3 Å². The highest BCUT2D eigenvalue weighted by atomic mass is 32.1. The van der Waals surface area contributed by atoms with Crippen molar-refractivity contribution in [3.05, 3.63) is 74.1 Å². The minimum Gasteiger partial charge on any atom is -0.465 e. The monoisotopic (exact) mass is 510 g/mol. The van der Waals surface area contributed by atoms with Gasteiger partial charge in [0, 0.05) is 21.5 Å². The lowest BCUT2D eigenvalue weighted by atomic mass is 9.95. The van der Waals surface area contributed by atoms with Crippen molar-refractivity contribution >= 4 is 46.1 Å². The number of rotatable bonds is 8. The van der Waals surface area contributed by atoms with E-state index in [0.29, 0.717) is 11.3 Å². The Morgan fingerprint density at radius 2 is 1.86 bits per heavy atom. The molecule has 1 aliphatic rings. The van der Waals surface area contributed by atoms with Crippen molar-refractivity contribution in [2.45, 2.75) is 57.5 Å². The number of hydrogen-bond donors (Lipinski definition) is 1. The minimum absolute atomic E-state index is 0.106. The molecule has 0 unspecified atom stereocenters. The Hall–Kier alpha value is -2.97. The molecule has 3 aromatic rings. The van der Waals surface area contributed by atoms with E-state index in [1.807, 2.05) is 35.9 Å². The molecule has 1 aliphatic carbocycles. The number of nitrogens with one attached hydrogen (secondary N) is 1. The van der Waals surface area contributed by atoms with Gasteiger partial charge < -0.3 is 10.1 Å². The number of benzene rings is 1. The van der Waals surface area contributed by atoms with Crippen LogP contribution in [-0.4, -0.2) is 30.9 Å². The van der Waals surface area contributed by atoms with Crippen LogP contribution in [0.5, 0.6) is 0 Å². The lowest BCUT2D eigenvalue weighted by molar-refractivity contribution is -0.127. The SMILES string of the molecule is COC(=O)c1cccc(N(C(=O)Cc2cccs2)[C@H](C(=O)NC2CCCCC2)c2sccc2C)c1. The highest BCUT2D eigenvalue weighted by Gasteiger charge is 2.36. The summed E-state index contributed by atoms with van der Waals surface area (Å²) in [4.78, 5) is 43.3. The summed E-state index contributed by atoms with van der Waals surface area (Å²) in [6.45, 7) is 1.96. The number of nitrogens with zero attached hydrogens (tertiary/aromatic N) is 1. The molecule has 35 heavy (non-hydrogen) atoms. The standard InChI is InChI=1S/C27H30N2O4S2/c1-18-13-15-35-25(18)24(26(31)28-20-9-4-3-5-10-20)29(23(30)17-22-12-7-14-34-22)21-11-6-8-19(16-21)27(32)33-2/h6-8,11-16,20,24H,3-5,9-10,17H2,1-2H3,(H,28,31)/t24-/m0/s1. The molecule has 2 heterocycles. The summed E-state index contributed by atoms with van der Waals surface area (Å²) in [6.07, 6.45) is 5.43. The van der Waals surface area contributed by atoms with Crippen LogP contribution < -0.4 is 10.2 Å². The zero-order chi connectivity index (χ0) is 24.8. The van der Waals surface area contributed by atoms with Gasteiger partial charge in [-0.25, -0.2) is 4.79 Å². The molecule has 1 N–H and O–H groups in total. The molecule has 2 aromatic heterocycles. The van der Waals surface area contributed by atoms with Crippen LogP contribution in [0.15, 0.2) is 53.2 Å². The van der Waals surface area contributed by atoms with Gasteiger partial charge in [-0.1, -0.05) is 31.4 Å². The summed E-state index contributed by atoms with van der Waals surface area (Å²) in [5, 5.41) is 7.11. The highest BCUT2D eigenvalue weighted by molar-refractivity contribution is 7.10. The van der Waals surface area contributed by atoms with Crippen LogP contribution in [0.25, 0.3) is 0 Å². The third kappa shape index (κ3) is 6.00. The average molecular weight is 511 g/mol. The number of thiophene rings is 2. The summed E-state index contributed by atoms with van der Waals surface area (Å²) in [6, 6.07) is 11.8. The van der Waals surface area contributed by atoms with Crippen LogP contribution in [-0.2, 0) is 20.7 Å². The fourth-order valence-corrected chi connectivity index (χ4v) is 6.24. The van der Waals surface area contributed by atoms with Crippen molar-refractivity contribution < 1.29 is 19.1 Å². The summed E-state index contributed by atoms with van der Waals surface area (Å²) in [5.41, 5.74) is 1.77. The lowest BCUT2D eigenvalue weighted by Crippen LogP contribution is -2.47. The van der Waals surface area contributed by atoms with E-state index in [1.54, 1.807) is 29.2 Å². The third-order valence-electron chi connectivity index (χ3n) is 6.33. The van der Waals surface area contributed by atoms with Crippen molar-refractivity contribution in [3.8, 4) is 0 Å². The molecule has 0 radical (unpaired) electrons. The molecule has 1 fully saturated rings. The van der Waals surface area contributed by atoms with Gasteiger partial charge in [-0.3, -0.25) is 14.5 Å². The maximum absolute atomic E-state index is 13.9. The molecule has 0 saturated heterocycles. The van der Waals surface area contributed by atoms with E-state index < -0.39 is 12.0 Å². The fourth-order valence-electron chi connectivity index (χ4n) is 4.53. The average Bonchev–Trinajstić information content (AvgIpc) is 3.54. The normalized spacial score (nSPS) is 14.8. The molecule has 0 bridgehead atoms. The maximum atomic E-state index is 13.9. The number of carbonyl (C=O) groups is 3. The van der Waals surface area contributed by atoms with Crippen molar-refractivity contribution in [2.24, 2.45) is 0 Å². The quantitative estimate of drug-likeness (QED) is 0.396. The van der Waals surface area contributed by atoms with Gasteiger partial charge in [-0.15, -0.1) is 22.7 Å². The van der Waals surface area contributed by atoms with Crippen LogP contribution >= 0.6 is 22.7 Å². The first-order valence-corrected chi connectivity index (χ1v) is 13.6. The number of ether oxygens (including phenoxy) is 1. The Bertz CT molecular complexity index is 1170. The number of anilines is 1. The number of methoxy groups -OCH3 is 1. The Morgan fingerprint density at radius 3 is 2.51 bits per heavy atom. The Morgan fingerprint density at radius 1 is 1.06 bits per heavy atom. The Labute approximate surface area is 213 Å². The summed E-state index contributed by atoms with van der Waals surface area (Å²) >= 11 is 2.97. The second-order valence-corrected chi connectivity index (χ2v) is 10.8. The molecular formula is C27H30N2O4S2. The van der Waals surface area contributed by atoms with E-state index in [9.17, 15) is 14.4 Å². The summed E-state index contributed by atoms with van der Waals surface area (Å²) in [5.74, 6) is -0.885. The van der Waals surface area contributed by atoms with Gasteiger partial charge in [0.2, 0.25) is 11.8 Å². The van der Waals surface area contributed by atoms with Crippen molar-refractivity contribution in [1.82, 2.24) is 5.32 Å². The number of esters is 1. The number of carbonyl (C=O) groups excluding carboxylic acids is 3. The van der Waals surface area contributed by atoms with Gasteiger partial charge in [-0.2, -0.15) is 0 Å². The van der Waals surface area contributed by atoms with E-state index in [0.717, 1.165) is 41.0 Å². The largest absolute Gasteiger partial charge is 0.465 e. The van der Waals surface area contributed by atoms with Crippen LogP contribution in [0, 0.1) is 6.92 Å². The molecule has 1 atom stereocenters. The van der Waals surface area contributed by atoms with Crippen LogP contribution in [0.1, 0.15) is 63.8 Å². The van der Waals surface area contributed by atoms with Gasteiger partial charge in [0.15, 0.2) is 0 Å². The predicted molar refractivity (Wildman–Crippen MR) is 140 cm³/mol. The molecule has 4 rings (SSSR count). The molecule has 0 aliphatic heterocycles. The third-order valence-corrected chi connectivity index (χ3v) is 8.28. The highest BCUT2D eigenvalue weighted by Crippen LogP contribution is 2.35. The van der Waals surface area contributed by atoms with Gasteiger partial charge in [0.25, 0.3) is 0 Å². The number of amides is 2. The Balaban J connectivity index is 1.77. The molecule has 2 amide bonds. The van der Waals surface area contributed by atoms with Gasteiger partial charge in [0.1, 0.15) is 6.04 Å². The first-order valence-electron chi connectivity index (χ1n) is 11.8. The maximum Gasteiger partial charge on any atom is 0.337 e. The van der Waals surface area contributed by atoms with E-state index >= 15 is 0 Å². The van der Waals surface area contributed by atoms with Crippen LogP contribution in [0.2, 0.25) is 0 Å². The zero-order valence-corrected chi connectivity index (χ0v) is 21.6. The van der Waals surface area contributed by atoms with E-state index in [4.69, 9.17) is 4.74 Å². The Kier molecular flexibility index (Phi) is 8.36.